The first-order valence-corrected chi connectivity index (χ1v) is 5.61. The number of nitrogens with zero attached hydrogens (tertiary/aromatic N) is 4. The number of hydrogen-bond acceptors (Lipinski definition) is 5. The van der Waals surface area contributed by atoms with Gasteiger partial charge in [-0.05, 0) is 15.9 Å². The summed E-state index contributed by atoms with van der Waals surface area (Å²) < 4.78 is 1.56. The van der Waals surface area contributed by atoms with Crippen LogP contribution in [0.4, 0.5) is 0 Å². The standard InChI is InChI=1S/C10H7BrN4O3/c11-7-2-13-5-15(9(7)16)3-8-6(10(17)18)1-12-4-14-8/h1-2,4-5H,3H2,(H,17,18). The molecule has 0 aromatic carbocycles. The molecule has 0 aliphatic heterocycles. The molecule has 92 valence electrons. The van der Waals surface area contributed by atoms with Crippen LogP contribution in [0.2, 0.25) is 0 Å². The Kier molecular flexibility index (Phi) is 3.47. The quantitative estimate of drug-likeness (QED) is 0.888. The van der Waals surface area contributed by atoms with Gasteiger partial charge in [0.2, 0.25) is 0 Å². The van der Waals surface area contributed by atoms with Gasteiger partial charge >= 0.3 is 5.97 Å². The smallest absolute Gasteiger partial charge is 0.339 e. The Labute approximate surface area is 109 Å². The lowest BCUT2D eigenvalue weighted by Gasteiger charge is -2.06. The van der Waals surface area contributed by atoms with Crippen LogP contribution in [0, 0.1) is 0 Å². The lowest BCUT2D eigenvalue weighted by molar-refractivity contribution is 0.0694. The zero-order valence-electron chi connectivity index (χ0n) is 8.95. The molecule has 2 rings (SSSR count). The van der Waals surface area contributed by atoms with E-state index in [1.807, 2.05) is 0 Å². The lowest BCUT2D eigenvalue weighted by atomic mass is 10.2. The highest BCUT2D eigenvalue weighted by Gasteiger charge is 2.12. The SMILES string of the molecule is O=C(O)c1cncnc1Cn1cncc(Br)c1=O. The Balaban J connectivity index is 2.44. The van der Waals surface area contributed by atoms with Crippen molar-refractivity contribution in [1.29, 1.82) is 0 Å². The van der Waals surface area contributed by atoms with Gasteiger partial charge in [-0.25, -0.2) is 19.7 Å². The molecule has 18 heavy (non-hydrogen) atoms. The molecule has 0 amide bonds. The van der Waals surface area contributed by atoms with Crippen molar-refractivity contribution in [2.45, 2.75) is 6.54 Å². The normalized spacial score (nSPS) is 10.3. The van der Waals surface area contributed by atoms with Crippen molar-refractivity contribution >= 4 is 21.9 Å². The molecule has 0 saturated heterocycles. The molecular formula is C10H7BrN4O3. The maximum Gasteiger partial charge on any atom is 0.339 e. The van der Waals surface area contributed by atoms with E-state index in [9.17, 15) is 9.59 Å². The summed E-state index contributed by atoms with van der Waals surface area (Å²) >= 11 is 3.06. The van der Waals surface area contributed by atoms with Gasteiger partial charge in [-0.2, -0.15) is 0 Å². The average Bonchev–Trinajstić information content (AvgIpc) is 2.35. The third-order valence-corrected chi connectivity index (χ3v) is 2.75. The zero-order valence-corrected chi connectivity index (χ0v) is 10.5. The summed E-state index contributed by atoms with van der Waals surface area (Å²) in [6, 6.07) is 0. The predicted octanol–water partition coefficient (Wildman–Crippen LogP) is 0.542. The van der Waals surface area contributed by atoms with Gasteiger partial charge in [0.05, 0.1) is 18.6 Å². The molecule has 2 aromatic heterocycles. The lowest BCUT2D eigenvalue weighted by Crippen LogP contribution is -2.23. The maximum absolute atomic E-state index is 11.7. The highest BCUT2D eigenvalue weighted by atomic mass is 79.9. The largest absolute Gasteiger partial charge is 0.478 e. The van der Waals surface area contributed by atoms with Crippen molar-refractivity contribution in [3.63, 3.8) is 0 Å². The first-order chi connectivity index (χ1) is 8.59. The third-order valence-electron chi connectivity index (χ3n) is 2.20. The average molecular weight is 311 g/mol. The van der Waals surface area contributed by atoms with E-state index >= 15 is 0 Å². The first kappa shape index (κ1) is 12.4. The Morgan fingerprint density at radius 2 is 2.17 bits per heavy atom. The van der Waals surface area contributed by atoms with E-state index in [4.69, 9.17) is 5.11 Å². The minimum absolute atomic E-state index is 0.0232. The van der Waals surface area contributed by atoms with Crippen LogP contribution < -0.4 is 5.56 Å². The Morgan fingerprint density at radius 1 is 1.39 bits per heavy atom. The van der Waals surface area contributed by atoms with Crippen LogP contribution in [-0.2, 0) is 6.54 Å². The molecule has 0 unspecified atom stereocenters. The van der Waals surface area contributed by atoms with E-state index in [0.717, 1.165) is 0 Å². The molecule has 1 N–H and O–H groups in total. The number of hydrogen-bond donors (Lipinski definition) is 1. The minimum Gasteiger partial charge on any atom is -0.478 e. The number of aromatic nitrogens is 4. The summed E-state index contributed by atoms with van der Waals surface area (Å²) in [6.07, 6.45) is 5.12. The number of carboxylic acids is 1. The second-order valence-corrected chi connectivity index (χ2v) is 4.22. The Hall–Kier alpha value is -2.09. The molecular weight excluding hydrogens is 304 g/mol. The van der Waals surface area contributed by atoms with Gasteiger partial charge < -0.3 is 5.11 Å². The molecule has 0 aliphatic carbocycles. The van der Waals surface area contributed by atoms with E-state index in [1.54, 1.807) is 0 Å². The summed E-state index contributed by atoms with van der Waals surface area (Å²) in [5, 5.41) is 8.98. The van der Waals surface area contributed by atoms with Crippen molar-refractivity contribution in [3.8, 4) is 0 Å². The highest BCUT2D eigenvalue weighted by Crippen LogP contribution is 2.06. The van der Waals surface area contributed by atoms with E-state index in [0.29, 0.717) is 4.47 Å². The molecule has 2 heterocycles. The van der Waals surface area contributed by atoms with Gasteiger partial charge in [0.15, 0.2) is 0 Å². The van der Waals surface area contributed by atoms with Crippen LogP contribution in [-0.4, -0.2) is 30.6 Å². The fourth-order valence-corrected chi connectivity index (χ4v) is 1.70. The van der Waals surface area contributed by atoms with Crippen molar-refractivity contribution in [2.24, 2.45) is 0 Å². The van der Waals surface area contributed by atoms with Crippen molar-refractivity contribution in [3.05, 3.63) is 51.1 Å². The predicted molar refractivity (Wildman–Crippen MR) is 64.3 cm³/mol. The molecule has 0 aliphatic rings. The van der Waals surface area contributed by atoms with Gasteiger partial charge in [0.1, 0.15) is 16.4 Å². The van der Waals surface area contributed by atoms with Crippen LogP contribution in [0.5, 0.6) is 0 Å². The highest BCUT2D eigenvalue weighted by molar-refractivity contribution is 9.10. The van der Waals surface area contributed by atoms with Crippen LogP contribution >= 0.6 is 15.9 Å². The summed E-state index contributed by atoms with van der Waals surface area (Å²) in [7, 11) is 0. The monoisotopic (exact) mass is 310 g/mol. The minimum atomic E-state index is -1.14. The van der Waals surface area contributed by atoms with E-state index in [-0.39, 0.29) is 23.4 Å². The van der Waals surface area contributed by atoms with E-state index in [1.165, 1.54) is 29.6 Å². The number of carbonyl (C=O) groups is 1. The molecule has 0 radical (unpaired) electrons. The van der Waals surface area contributed by atoms with Gasteiger partial charge in [-0.3, -0.25) is 9.36 Å². The molecule has 0 bridgehead atoms. The molecule has 0 fully saturated rings. The first-order valence-electron chi connectivity index (χ1n) is 4.81. The second kappa shape index (κ2) is 5.05. The maximum atomic E-state index is 11.7. The van der Waals surface area contributed by atoms with E-state index in [2.05, 4.69) is 30.9 Å². The molecule has 0 saturated carbocycles. The van der Waals surface area contributed by atoms with Crippen LogP contribution in [0.15, 0.2) is 34.3 Å². The fourth-order valence-electron chi connectivity index (χ4n) is 1.36. The number of carboxylic acid groups (broad SMARTS) is 1. The van der Waals surface area contributed by atoms with Crippen molar-refractivity contribution < 1.29 is 9.90 Å². The molecule has 0 atom stereocenters. The second-order valence-electron chi connectivity index (χ2n) is 3.36. The van der Waals surface area contributed by atoms with Crippen LogP contribution in [0.1, 0.15) is 16.1 Å². The van der Waals surface area contributed by atoms with Gasteiger partial charge in [-0.1, -0.05) is 0 Å². The van der Waals surface area contributed by atoms with Gasteiger partial charge in [0.25, 0.3) is 5.56 Å². The van der Waals surface area contributed by atoms with Crippen LogP contribution in [0.25, 0.3) is 0 Å². The molecule has 8 heteroatoms. The molecule has 0 spiro atoms. The Morgan fingerprint density at radius 3 is 2.89 bits per heavy atom. The summed E-state index contributed by atoms with van der Waals surface area (Å²) in [5.74, 6) is -1.14. The summed E-state index contributed by atoms with van der Waals surface area (Å²) in [4.78, 5) is 34.1. The number of rotatable bonds is 3. The molecule has 2 aromatic rings. The third kappa shape index (κ3) is 2.43. The number of halogens is 1. The van der Waals surface area contributed by atoms with Crippen molar-refractivity contribution in [1.82, 2.24) is 19.5 Å². The zero-order chi connectivity index (χ0) is 13.1. The van der Waals surface area contributed by atoms with Crippen molar-refractivity contribution in [2.75, 3.05) is 0 Å². The summed E-state index contributed by atoms with van der Waals surface area (Å²) in [5.41, 5.74) is -0.0937. The topological polar surface area (TPSA) is 98.0 Å². The van der Waals surface area contributed by atoms with Gasteiger partial charge in [0, 0.05) is 12.4 Å². The van der Waals surface area contributed by atoms with Gasteiger partial charge in [-0.15, -0.1) is 0 Å². The Bertz CT molecular complexity index is 656. The summed E-state index contributed by atoms with van der Waals surface area (Å²) in [6.45, 7) is 0.0232. The fraction of sp³-hybridized carbons (Fsp3) is 0.100. The molecule has 7 nitrogen and oxygen atoms in total. The van der Waals surface area contributed by atoms with E-state index < -0.39 is 5.97 Å². The number of aromatic carboxylic acids is 1. The van der Waals surface area contributed by atoms with Crippen LogP contribution in [0.3, 0.4) is 0 Å².